The fraction of sp³-hybridized carbons (Fsp3) is 0.409. The minimum Gasteiger partial charge on any atom is -0.369 e. The summed E-state index contributed by atoms with van der Waals surface area (Å²) in [7, 11) is -3.35. The molecular formula is C22H28FN3O3S. The molecule has 1 saturated heterocycles. The highest BCUT2D eigenvalue weighted by Crippen LogP contribution is 2.18. The fourth-order valence-electron chi connectivity index (χ4n) is 3.48. The van der Waals surface area contributed by atoms with Crippen LogP contribution in [0.1, 0.15) is 18.4 Å². The van der Waals surface area contributed by atoms with Crippen LogP contribution in [0.2, 0.25) is 0 Å². The Bertz CT molecular complexity index is 912. The van der Waals surface area contributed by atoms with E-state index in [0.717, 1.165) is 11.3 Å². The number of aryl methyl sites for hydroxylation is 1. The number of amides is 1. The van der Waals surface area contributed by atoms with Gasteiger partial charge in [-0.25, -0.2) is 12.8 Å². The van der Waals surface area contributed by atoms with Crippen LogP contribution in [0.15, 0.2) is 54.6 Å². The van der Waals surface area contributed by atoms with Crippen molar-refractivity contribution in [3.05, 3.63) is 66.0 Å². The fourth-order valence-corrected chi connectivity index (χ4v) is 4.97. The molecule has 1 N–H and O–H groups in total. The van der Waals surface area contributed by atoms with Crippen molar-refractivity contribution in [1.29, 1.82) is 0 Å². The van der Waals surface area contributed by atoms with E-state index in [4.69, 9.17) is 0 Å². The summed E-state index contributed by atoms with van der Waals surface area (Å²) in [6.07, 6.45) is 1.45. The van der Waals surface area contributed by atoms with E-state index in [1.165, 1.54) is 16.4 Å². The number of rotatable bonds is 9. The SMILES string of the molecule is O=C(CCc1ccccc1)NCCCS(=O)(=O)N1CCN(c2ccc(F)cc2)CC1. The summed E-state index contributed by atoms with van der Waals surface area (Å²) in [5.41, 5.74) is 2.00. The lowest BCUT2D eigenvalue weighted by Crippen LogP contribution is -2.49. The number of carbonyl (C=O) groups is 1. The second kappa shape index (κ2) is 10.5. The number of hydrogen-bond acceptors (Lipinski definition) is 4. The average Bonchev–Trinajstić information content (AvgIpc) is 2.77. The predicted octanol–water partition coefficient (Wildman–Crippen LogP) is 2.42. The molecule has 1 amide bonds. The van der Waals surface area contributed by atoms with E-state index in [9.17, 15) is 17.6 Å². The van der Waals surface area contributed by atoms with Gasteiger partial charge in [-0.05, 0) is 42.7 Å². The molecule has 2 aromatic rings. The standard InChI is InChI=1S/C22H28FN3O3S/c23-20-8-10-21(11-9-20)25-14-16-26(17-15-25)30(28,29)18-4-13-24-22(27)12-7-19-5-2-1-3-6-19/h1-3,5-6,8-11H,4,7,12-18H2,(H,24,27). The largest absolute Gasteiger partial charge is 0.369 e. The van der Waals surface area contributed by atoms with Crippen molar-refractivity contribution in [2.24, 2.45) is 0 Å². The molecule has 3 rings (SSSR count). The highest BCUT2D eigenvalue weighted by Gasteiger charge is 2.26. The van der Waals surface area contributed by atoms with Crippen molar-refractivity contribution in [1.82, 2.24) is 9.62 Å². The van der Waals surface area contributed by atoms with Gasteiger partial charge in [-0.2, -0.15) is 4.31 Å². The number of sulfonamides is 1. The first-order valence-corrected chi connectivity index (χ1v) is 11.8. The van der Waals surface area contributed by atoms with Crippen molar-refractivity contribution in [3.63, 3.8) is 0 Å². The van der Waals surface area contributed by atoms with Crippen molar-refractivity contribution in [2.75, 3.05) is 43.4 Å². The summed E-state index contributed by atoms with van der Waals surface area (Å²) in [6.45, 7) is 2.30. The number of benzene rings is 2. The van der Waals surface area contributed by atoms with Gasteiger partial charge in [0.15, 0.2) is 0 Å². The van der Waals surface area contributed by atoms with Crippen LogP contribution in [0, 0.1) is 5.82 Å². The van der Waals surface area contributed by atoms with Crippen LogP contribution in [-0.2, 0) is 21.2 Å². The highest BCUT2D eigenvalue weighted by molar-refractivity contribution is 7.89. The zero-order valence-corrected chi connectivity index (χ0v) is 17.8. The molecule has 0 aromatic heterocycles. The zero-order chi connectivity index (χ0) is 21.4. The molecule has 0 aliphatic carbocycles. The first kappa shape index (κ1) is 22.2. The molecule has 0 atom stereocenters. The van der Waals surface area contributed by atoms with Gasteiger partial charge in [-0.1, -0.05) is 30.3 Å². The summed E-state index contributed by atoms with van der Waals surface area (Å²) < 4.78 is 39.7. The van der Waals surface area contributed by atoms with E-state index in [-0.39, 0.29) is 17.5 Å². The molecule has 1 fully saturated rings. The number of halogens is 1. The molecule has 0 saturated carbocycles. The van der Waals surface area contributed by atoms with Gasteiger partial charge >= 0.3 is 0 Å². The van der Waals surface area contributed by atoms with Crippen molar-refractivity contribution in [2.45, 2.75) is 19.3 Å². The first-order valence-electron chi connectivity index (χ1n) is 10.2. The topological polar surface area (TPSA) is 69.7 Å². The maximum absolute atomic E-state index is 13.1. The number of carbonyl (C=O) groups excluding carboxylic acids is 1. The van der Waals surface area contributed by atoms with Gasteiger partial charge in [0.1, 0.15) is 5.82 Å². The van der Waals surface area contributed by atoms with Gasteiger partial charge in [0.05, 0.1) is 5.75 Å². The lowest BCUT2D eigenvalue weighted by molar-refractivity contribution is -0.121. The van der Waals surface area contributed by atoms with Crippen molar-refractivity contribution >= 4 is 21.6 Å². The second-order valence-corrected chi connectivity index (χ2v) is 9.46. The maximum Gasteiger partial charge on any atom is 0.220 e. The highest BCUT2D eigenvalue weighted by atomic mass is 32.2. The minimum absolute atomic E-state index is 0.0164. The van der Waals surface area contributed by atoms with Crippen molar-refractivity contribution in [3.8, 4) is 0 Å². The first-order chi connectivity index (χ1) is 14.4. The Kier molecular flexibility index (Phi) is 7.81. The monoisotopic (exact) mass is 433 g/mol. The van der Waals surface area contributed by atoms with Gasteiger partial charge in [0.2, 0.25) is 15.9 Å². The van der Waals surface area contributed by atoms with Gasteiger partial charge in [-0.15, -0.1) is 0 Å². The van der Waals surface area contributed by atoms with E-state index in [1.807, 2.05) is 30.3 Å². The summed E-state index contributed by atoms with van der Waals surface area (Å²) in [4.78, 5) is 14.0. The summed E-state index contributed by atoms with van der Waals surface area (Å²) in [6, 6.07) is 16.0. The molecule has 1 aliphatic heterocycles. The van der Waals surface area contributed by atoms with Crippen LogP contribution in [0.4, 0.5) is 10.1 Å². The minimum atomic E-state index is -3.35. The number of nitrogens with one attached hydrogen (secondary N) is 1. The Morgan fingerprint density at radius 3 is 2.30 bits per heavy atom. The molecule has 1 heterocycles. The Morgan fingerprint density at radius 1 is 0.967 bits per heavy atom. The molecule has 30 heavy (non-hydrogen) atoms. The average molecular weight is 434 g/mol. The van der Waals surface area contributed by atoms with Crippen LogP contribution in [0.5, 0.6) is 0 Å². The molecular weight excluding hydrogens is 405 g/mol. The third kappa shape index (κ3) is 6.53. The van der Waals surface area contributed by atoms with E-state index in [1.54, 1.807) is 12.1 Å². The molecule has 8 heteroatoms. The number of anilines is 1. The van der Waals surface area contributed by atoms with E-state index in [0.29, 0.717) is 52.0 Å². The van der Waals surface area contributed by atoms with E-state index >= 15 is 0 Å². The summed E-state index contributed by atoms with van der Waals surface area (Å²) >= 11 is 0. The lowest BCUT2D eigenvalue weighted by Gasteiger charge is -2.35. The van der Waals surface area contributed by atoms with Crippen LogP contribution in [0.25, 0.3) is 0 Å². The van der Waals surface area contributed by atoms with Gasteiger partial charge in [0.25, 0.3) is 0 Å². The predicted molar refractivity (Wildman–Crippen MR) is 116 cm³/mol. The van der Waals surface area contributed by atoms with Gasteiger partial charge < -0.3 is 10.2 Å². The molecule has 0 unspecified atom stereocenters. The molecule has 0 radical (unpaired) electrons. The number of piperazine rings is 1. The maximum atomic E-state index is 13.1. The zero-order valence-electron chi connectivity index (χ0n) is 17.0. The second-order valence-electron chi connectivity index (χ2n) is 7.37. The van der Waals surface area contributed by atoms with Gasteiger partial charge in [-0.3, -0.25) is 4.79 Å². The molecule has 0 bridgehead atoms. The Balaban J connectivity index is 1.35. The summed E-state index contributed by atoms with van der Waals surface area (Å²) in [5, 5.41) is 2.80. The summed E-state index contributed by atoms with van der Waals surface area (Å²) in [5.74, 6) is -0.334. The molecule has 0 spiro atoms. The quantitative estimate of drug-likeness (QED) is 0.617. The van der Waals surface area contributed by atoms with Crippen LogP contribution in [0.3, 0.4) is 0 Å². The third-order valence-electron chi connectivity index (χ3n) is 5.21. The molecule has 162 valence electrons. The lowest BCUT2D eigenvalue weighted by atomic mass is 10.1. The molecule has 6 nitrogen and oxygen atoms in total. The number of hydrogen-bond donors (Lipinski definition) is 1. The smallest absolute Gasteiger partial charge is 0.220 e. The number of nitrogens with zero attached hydrogens (tertiary/aromatic N) is 2. The van der Waals surface area contributed by atoms with Crippen LogP contribution >= 0.6 is 0 Å². The third-order valence-corrected chi connectivity index (χ3v) is 7.17. The van der Waals surface area contributed by atoms with Gasteiger partial charge in [0, 0.05) is 44.8 Å². The van der Waals surface area contributed by atoms with Crippen LogP contribution < -0.4 is 10.2 Å². The van der Waals surface area contributed by atoms with E-state index < -0.39 is 10.0 Å². The van der Waals surface area contributed by atoms with Crippen LogP contribution in [-0.4, -0.2) is 57.1 Å². The van der Waals surface area contributed by atoms with E-state index in [2.05, 4.69) is 10.2 Å². The normalized spacial score (nSPS) is 15.2. The Hall–Kier alpha value is -2.45. The molecule has 2 aromatic carbocycles. The Morgan fingerprint density at radius 2 is 1.63 bits per heavy atom. The molecule has 1 aliphatic rings. The van der Waals surface area contributed by atoms with Crippen molar-refractivity contribution < 1.29 is 17.6 Å². The Labute approximate surface area is 177 Å².